The molecule has 1 aliphatic heterocycles. The van der Waals surface area contributed by atoms with Gasteiger partial charge in [0.15, 0.2) is 0 Å². The second-order valence-corrected chi connectivity index (χ2v) is 4.41. The molecule has 1 heterocycles. The van der Waals surface area contributed by atoms with Crippen LogP contribution in [0.4, 0.5) is 5.69 Å². The van der Waals surface area contributed by atoms with E-state index in [0.29, 0.717) is 11.4 Å². The van der Waals surface area contributed by atoms with Crippen molar-refractivity contribution in [1.82, 2.24) is 0 Å². The Hall–Kier alpha value is -2.17. The van der Waals surface area contributed by atoms with Gasteiger partial charge in [-0.25, -0.2) is 5.01 Å². The number of hydrogen-bond acceptors (Lipinski definition) is 3. The van der Waals surface area contributed by atoms with Gasteiger partial charge in [0.05, 0.1) is 24.2 Å². The quantitative estimate of drug-likeness (QED) is 0.885. The summed E-state index contributed by atoms with van der Waals surface area (Å²) in [6.07, 6.45) is -0.104. The van der Waals surface area contributed by atoms with E-state index in [-0.39, 0.29) is 18.7 Å². The summed E-state index contributed by atoms with van der Waals surface area (Å²) in [5, 5.41) is 14.1. The third-order valence-corrected chi connectivity index (χ3v) is 2.77. The molecule has 2 rings (SSSR count). The molecule has 94 valence electrons. The highest BCUT2D eigenvalue weighted by molar-refractivity contribution is 6.16. The number of carbonyl (C=O) groups is 2. The molecule has 0 saturated carbocycles. The second kappa shape index (κ2) is 4.60. The summed E-state index contributed by atoms with van der Waals surface area (Å²) in [7, 11) is 0. The number of anilines is 1. The Kier molecular flexibility index (Phi) is 3.14. The highest BCUT2D eigenvalue weighted by Crippen LogP contribution is 2.25. The summed E-state index contributed by atoms with van der Waals surface area (Å²) in [6, 6.07) is 5.70. The van der Waals surface area contributed by atoms with E-state index in [4.69, 9.17) is 5.11 Å². The smallest absolute Gasteiger partial charge is 0.309 e. The van der Waals surface area contributed by atoms with Crippen molar-refractivity contribution in [2.75, 3.05) is 5.01 Å². The van der Waals surface area contributed by atoms with E-state index in [0.717, 1.165) is 11.1 Å². The molecule has 0 saturated heterocycles. The minimum atomic E-state index is -0.968. The lowest BCUT2D eigenvalue weighted by Crippen LogP contribution is -2.20. The summed E-state index contributed by atoms with van der Waals surface area (Å²) in [5.41, 5.74) is 3.17. The van der Waals surface area contributed by atoms with Crippen molar-refractivity contribution in [3.8, 4) is 0 Å². The highest BCUT2D eigenvalue weighted by Gasteiger charge is 2.27. The number of carbonyl (C=O) groups excluding carboxylic acids is 1. The van der Waals surface area contributed by atoms with Gasteiger partial charge in [-0.1, -0.05) is 17.7 Å². The number of amides is 1. The van der Waals surface area contributed by atoms with Crippen LogP contribution in [0.5, 0.6) is 0 Å². The number of hydrogen-bond donors (Lipinski definition) is 1. The van der Waals surface area contributed by atoms with Crippen LogP contribution in [0.15, 0.2) is 23.3 Å². The van der Waals surface area contributed by atoms with E-state index in [9.17, 15) is 9.59 Å². The molecule has 1 aliphatic rings. The average molecular weight is 246 g/mol. The maximum Gasteiger partial charge on any atom is 0.309 e. The number of carboxylic acids is 1. The number of benzene rings is 1. The maximum absolute atomic E-state index is 11.8. The molecule has 1 aromatic rings. The molecule has 5 heteroatoms. The molecule has 0 spiro atoms. The number of aryl methyl sites for hydroxylation is 2. The molecule has 0 fully saturated rings. The molecule has 1 amide bonds. The second-order valence-electron chi connectivity index (χ2n) is 4.41. The first-order chi connectivity index (χ1) is 8.47. The van der Waals surface area contributed by atoms with Crippen LogP contribution in [-0.4, -0.2) is 22.7 Å². The number of carboxylic acid groups (broad SMARTS) is 1. The van der Waals surface area contributed by atoms with Crippen LogP contribution in [0.3, 0.4) is 0 Å². The van der Waals surface area contributed by atoms with Gasteiger partial charge in [0, 0.05) is 0 Å². The fourth-order valence-corrected chi connectivity index (χ4v) is 1.99. The predicted molar refractivity (Wildman–Crippen MR) is 67.7 cm³/mol. The SMILES string of the molecule is Cc1ccc(N2N=C(CC(=O)O)CC2=O)c(C)c1. The highest BCUT2D eigenvalue weighted by atomic mass is 16.4. The molecular weight excluding hydrogens is 232 g/mol. The molecule has 1 N–H and O–H groups in total. The molecule has 0 radical (unpaired) electrons. The van der Waals surface area contributed by atoms with Crippen molar-refractivity contribution in [2.45, 2.75) is 26.7 Å². The normalized spacial score (nSPS) is 14.9. The topological polar surface area (TPSA) is 70.0 Å². The molecule has 0 aliphatic carbocycles. The molecule has 0 atom stereocenters. The Bertz CT molecular complexity index is 549. The third-order valence-electron chi connectivity index (χ3n) is 2.77. The van der Waals surface area contributed by atoms with Crippen LogP contribution in [0.1, 0.15) is 24.0 Å². The van der Waals surface area contributed by atoms with Gasteiger partial charge in [-0.05, 0) is 25.5 Å². The Morgan fingerprint density at radius 2 is 2.17 bits per heavy atom. The van der Waals surface area contributed by atoms with Crippen molar-refractivity contribution >= 4 is 23.3 Å². The Morgan fingerprint density at radius 1 is 1.44 bits per heavy atom. The number of aliphatic carboxylic acids is 1. The van der Waals surface area contributed by atoms with E-state index in [1.807, 2.05) is 32.0 Å². The summed E-state index contributed by atoms with van der Waals surface area (Å²) in [5.74, 6) is -1.15. The van der Waals surface area contributed by atoms with E-state index < -0.39 is 5.97 Å². The third kappa shape index (κ3) is 2.40. The summed E-state index contributed by atoms with van der Waals surface area (Å²) < 4.78 is 0. The molecule has 18 heavy (non-hydrogen) atoms. The Labute approximate surface area is 105 Å². The fourth-order valence-electron chi connectivity index (χ4n) is 1.99. The van der Waals surface area contributed by atoms with E-state index in [2.05, 4.69) is 5.10 Å². The van der Waals surface area contributed by atoms with Gasteiger partial charge < -0.3 is 5.11 Å². The van der Waals surface area contributed by atoms with Gasteiger partial charge in [-0.2, -0.15) is 5.10 Å². The lowest BCUT2D eigenvalue weighted by molar-refractivity contribution is -0.135. The average Bonchev–Trinajstić information content (AvgIpc) is 2.58. The molecule has 0 aromatic heterocycles. The molecule has 5 nitrogen and oxygen atoms in total. The van der Waals surface area contributed by atoms with Crippen molar-refractivity contribution in [3.05, 3.63) is 29.3 Å². The summed E-state index contributed by atoms with van der Waals surface area (Å²) in [4.78, 5) is 22.4. The van der Waals surface area contributed by atoms with Gasteiger partial charge >= 0.3 is 5.97 Å². The number of hydrazone groups is 1. The number of rotatable bonds is 3. The monoisotopic (exact) mass is 246 g/mol. The largest absolute Gasteiger partial charge is 0.481 e. The van der Waals surface area contributed by atoms with Gasteiger partial charge in [0.2, 0.25) is 0 Å². The van der Waals surface area contributed by atoms with E-state index in [1.165, 1.54) is 5.01 Å². The molecule has 0 unspecified atom stereocenters. The first-order valence-corrected chi connectivity index (χ1v) is 5.65. The van der Waals surface area contributed by atoms with Gasteiger partial charge in [0.25, 0.3) is 5.91 Å². The summed E-state index contributed by atoms with van der Waals surface area (Å²) in [6.45, 7) is 3.88. The molecular formula is C13H14N2O3. The van der Waals surface area contributed by atoms with E-state index in [1.54, 1.807) is 0 Å². The van der Waals surface area contributed by atoms with Crippen LogP contribution in [0.25, 0.3) is 0 Å². The van der Waals surface area contributed by atoms with Crippen molar-refractivity contribution < 1.29 is 14.7 Å². The van der Waals surface area contributed by atoms with Crippen molar-refractivity contribution in [3.63, 3.8) is 0 Å². The molecule has 0 bridgehead atoms. The zero-order chi connectivity index (χ0) is 13.3. The van der Waals surface area contributed by atoms with E-state index >= 15 is 0 Å². The fraction of sp³-hybridized carbons (Fsp3) is 0.308. The van der Waals surface area contributed by atoms with Crippen molar-refractivity contribution in [1.29, 1.82) is 0 Å². The lowest BCUT2D eigenvalue weighted by Gasteiger charge is -2.14. The van der Waals surface area contributed by atoms with Crippen LogP contribution in [-0.2, 0) is 9.59 Å². The summed E-state index contributed by atoms with van der Waals surface area (Å²) >= 11 is 0. The van der Waals surface area contributed by atoms with Gasteiger partial charge in [-0.15, -0.1) is 0 Å². The Morgan fingerprint density at radius 3 is 2.78 bits per heavy atom. The minimum Gasteiger partial charge on any atom is -0.481 e. The first-order valence-electron chi connectivity index (χ1n) is 5.65. The predicted octanol–water partition coefficient (Wildman–Crippen LogP) is 1.87. The zero-order valence-corrected chi connectivity index (χ0v) is 10.3. The standard InChI is InChI=1S/C13H14N2O3/c1-8-3-4-11(9(2)5-8)15-12(16)6-10(14-15)7-13(17)18/h3-5H,6-7H2,1-2H3,(H,17,18). The van der Waals surface area contributed by atoms with Crippen LogP contribution >= 0.6 is 0 Å². The number of nitrogens with zero attached hydrogens (tertiary/aromatic N) is 2. The van der Waals surface area contributed by atoms with Gasteiger partial charge in [-0.3, -0.25) is 9.59 Å². The maximum atomic E-state index is 11.8. The van der Waals surface area contributed by atoms with Crippen LogP contribution in [0, 0.1) is 13.8 Å². The minimum absolute atomic E-state index is 0.0830. The van der Waals surface area contributed by atoms with Crippen LogP contribution in [0.2, 0.25) is 0 Å². The molecule has 1 aromatic carbocycles. The zero-order valence-electron chi connectivity index (χ0n) is 10.3. The lowest BCUT2D eigenvalue weighted by atomic mass is 10.1. The van der Waals surface area contributed by atoms with Crippen molar-refractivity contribution in [2.24, 2.45) is 5.10 Å². The first kappa shape index (κ1) is 12.3. The Balaban J connectivity index is 2.30. The van der Waals surface area contributed by atoms with Gasteiger partial charge in [0.1, 0.15) is 0 Å². The van der Waals surface area contributed by atoms with Crippen LogP contribution < -0.4 is 5.01 Å².